The summed E-state index contributed by atoms with van der Waals surface area (Å²) in [7, 11) is 5.87. The third-order valence-corrected chi connectivity index (χ3v) is 4.88. The van der Waals surface area contributed by atoms with E-state index < -0.39 is 0 Å². The molecule has 21 heavy (non-hydrogen) atoms. The smallest absolute Gasteiger partial charge is 0.119 e. The fraction of sp³-hybridized carbons (Fsp3) is 0.647. The van der Waals surface area contributed by atoms with Crippen LogP contribution in [0.4, 0.5) is 0 Å². The molecule has 2 rings (SSSR count). The molecule has 0 heterocycles. The van der Waals surface area contributed by atoms with Gasteiger partial charge in [0, 0.05) is 24.0 Å². The van der Waals surface area contributed by atoms with Gasteiger partial charge in [-0.1, -0.05) is 26.0 Å². The second kappa shape index (κ2) is 6.34. The van der Waals surface area contributed by atoms with Gasteiger partial charge in [-0.15, -0.1) is 0 Å². The van der Waals surface area contributed by atoms with Crippen molar-refractivity contribution in [2.75, 3.05) is 27.7 Å². The first-order valence-corrected chi connectivity index (χ1v) is 7.58. The van der Waals surface area contributed by atoms with Crippen LogP contribution in [0.3, 0.4) is 0 Å². The van der Waals surface area contributed by atoms with Crippen LogP contribution >= 0.6 is 0 Å². The van der Waals surface area contributed by atoms with Gasteiger partial charge in [-0.05, 0) is 38.2 Å². The molecule has 0 radical (unpaired) electrons. The lowest BCUT2D eigenvalue weighted by molar-refractivity contribution is -0.0735. The lowest BCUT2D eigenvalue weighted by atomic mass is 9.64. The van der Waals surface area contributed by atoms with Crippen molar-refractivity contribution in [3.8, 4) is 5.75 Å². The first-order valence-electron chi connectivity index (χ1n) is 7.58. The number of rotatable bonds is 6. The third-order valence-electron chi connectivity index (χ3n) is 4.88. The molecular formula is C17H28N2O2. The van der Waals surface area contributed by atoms with E-state index in [0.717, 1.165) is 18.7 Å². The maximum atomic E-state index is 9.84. The Morgan fingerprint density at radius 2 is 2.14 bits per heavy atom. The molecule has 0 aromatic heterocycles. The van der Waals surface area contributed by atoms with Crippen LogP contribution in [0.15, 0.2) is 24.3 Å². The molecule has 4 nitrogen and oxygen atoms in total. The Balaban J connectivity index is 2.03. The van der Waals surface area contributed by atoms with E-state index in [1.165, 1.54) is 5.56 Å². The molecule has 1 fully saturated rings. The minimum absolute atomic E-state index is 0.0365. The standard InChI is InChI=1S/C17H28N2O2/c1-17(2)15(10-16(17)20)18-11-14(19(3)4)12-7-6-8-13(9-12)21-5/h6-9,14-16,18,20H,10-11H2,1-5H3. The number of aliphatic hydroxyl groups excluding tert-OH is 1. The summed E-state index contributed by atoms with van der Waals surface area (Å²) in [5, 5.41) is 13.5. The van der Waals surface area contributed by atoms with Crippen molar-refractivity contribution in [2.24, 2.45) is 5.41 Å². The monoisotopic (exact) mass is 292 g/mol. The largest absolute Gasteiger partial charge is 0.497 e. The van der Waals surface area contributed by atoms with Crippen LogP contribution < -0.4 is 10.1 Å². The van der Waals surface area contributed by atoms with E-state index in [4.69, 9.17) is 4.74 Å². The molecule has 1 aliphatic carbocycles. The normalized spacial score (nSPS) is 25.5. The first-order chi connectivity index (χ1) is 9.86. The third kappa shape index (κ3) is 3.39. The van der Waals surface area contributed by atoms with Gasteiger partial charge in [0.15, 0.2) is 0 Å². The topological polar surface area (TPSA) is 44.7 Å². The highest BCUT2D eigenvalue weighted by molar-refractivity contribution is 5.30. The molecule has 1 saturated carbocycles. The highest BCUT2D eigenvalue weighted by Crippen LogP contribution is 2.40. The van der Waals surface area contributed by atoms with Crippen LogP contribution in [0.5, 0.6) is 5.75 Å². The van der Waals surface area contributed by atoms with Gasteiger partial charge in [-0.2, -0.15) is 0 Å². The summed E-state index contributed by atoms with van der Waals surface area (Å²) in [4.78, 5) is 2.21. The number of benzene rings is 1. The summed E-state index contributed by atoms with van der Waals surface area (Å²) in [5.41, 5.74) is 1.20. The molecule has 0 amide bonds. The van der Waals surface area contributed by atoms with Gasteiger partial charge in [0.1, 0.15) is 5.75 Å². The van der Waals surface area contributed by atoms with Gasteiger partial charge in [-0.25, -0.2) is 0 Å². The Kier molecular flexibility index (Phi) is 4.91. The number of ether oxygens (including phenoxy) is 1. The molecule has 2 N–H and O–H groups in total. The molecule has 3 unspecified atom stereocenters. The molecule has 1 aliphatic rings. The maximum Gasteiger partial charge on any atom is 0.119 e. The second-order valence-corrected chi connectivity index (χ2v) is 6.79. The Morgan fingerprint density at radius 3 is 2.67 bits per heavy atom. The zero-order valence-corrected chi connectivity index (χ0v) is 13.8. The van der Waals surface area contributed by atoms with Crippen LogP contribution in [-0.2, 0) is 0 Å². The average Bonchev–Trinajstić information content (AvgIpc) is 2.46. The summed E-state index contributed by atoms with van der Waals surface area (Å²) in [6, 6.07) is 8.88. The predicted octanol–water partition coefficient (Wildman–Crippen LogP) is 2.05. The number of hydrogen-bond donors (Lipinski definition) is 2. The van der Waals surface area contributed by atoms with Gasteiger partial charge < -0.3 is 20.1 Å². The van der Waals surface area contributed by atoms with Crippen molar-refractivity contribution >= 4 is 0 Å². The number of nitrogens with one attached hydrogen (secondary N) is 1. The van der Waals surface area contributed by atoms with E-state index in [9.17, 15) is 5.11 Å². The fourth-order valence-corrected chi connectivity index (χ4v) is 2.95. The van der Waals surface area contributed by atoms with Crippen LogP contribution in [0.2, 0.25) is 0 Å². The van der Waals surface area contributed by atoms with Crippen molar-refractivity contribution in [3.05, 3.63) is 29.8 Å². The van der Waals surface area contributed by atoms with Crippen LogP contribution in [0.25, 0.3) is 0 Å². The number of methoxy groups -OCH3 is 1. The maximum absolute atomic E-state index is 9.84. The van der Waals surface area contributed by atoms with Gasteiger partial charge in [0.05, 0.1) is 13.2 Å². The van der Waals surface area contributed by atoms with Gasteiger partial charge in [-0.3, -0.25) is 0 Å². The van der Waals surface area contributed by atoms with E-state index in [-0.39, 0.29) is 17.6 Å². The highest BCUT2D eigenvalue weighted by Gasteiger charge is 2.47. The summed E-state index contributed by atoms with van der Waals surface area (Å²) in [6.07, 6.45) is 0.648. The Bertz CT molecular complexity index is 474. The summed E-state index contributed by atoms with van der Waals surface area (Å²) >= 11 is 0. The SMILES string of the molecule is COc1cccc(C(CNC2CC(O)C2(C)C)N(C)C)c1. The lowest BCUT2D eigenvalue weighted by Gasteiger charge is -2.50. The van der Waals surface area contributed by atoms with E-state index >= 15 is 0 Å². The molecule has 1 aromatic carbocycles. The van der Waals surface area contributed by atoms with Crippen LogP contribution in [0.1, 0.15) is 31.9 Å². The van der Waals surface area contributed by atoms with Crippen molar-refractivity contribution in [1.29, 1.82) is 0 Å². The van der Waals surface area contributed by atoms with Crippen molar-refractivity contribution < 1.29 is 9.84 Å². The minimum atomic E-state index is -0.190. The molecule has 0 saturated heterocycles. The molecule has 4 heteroatoms. The quantitative estimate of drug-likeness (QED) is 0.842. The molecule has 1 aromatic rings. The van der Waals surface area contributed by atoms with Crippen molar-refractivity contribution in [1.82, 2.24) is 10.2 Å². The Labute approximate surface area is 128 Å². The Hall–Kier alpha value is -1.10. The zero-order chi connectivity index (χ0) is 15.6. The molecule has 0 aliphatic heterocycles. The van der Waals surface area contributed by atoms with Crippen molar-refractivity contribution in [2.45, 2.75) is 38.5 Å². The zero-order valence-electron chi connectivity index (χ0n) is 13.8. The molecular weight excluding hydrogens is 264 g/mol. The van der Waals surface area contributed by atoms with Crippen LogP contribution in [0, 0.1) is 5.41 Å². The van der Waals surface area contributed by atoms with E-state index in [1.54, 1.807) is 7.11 Å². The highest BCUT2D eigenvalue weighted by atomic mass is 16.5. The number of nitrogens with zero attached hydrogens (tertiary/aromatic N) is 1. The number of likely N-dealkylation sites (N-methyl/N-ethyl adjacent to an activating group) is 1. The molecule has 0 spiro atoms. The van der Waals surface area contributed by atoms with Gasteiger partial charge in [0.2, 0.25) is 0 Å². The van der Waals surface area contributed by atoms with Gasteiger partial charge in [0.25, 0.3) is 0 Å². The molecule has 118 valence electrons. The van der Waals surface area contributed by atoms with E-state index in [0.29, 0.717) is 6.04 Å². The molecule has 0 bridgehead atoms. The summed E-state index contributed by atoms with van der Waals surface area (Å²) in [6.45, 7) is 5.10. The Morgan fingerprint density at radius 1 is 1.43 bits per heavy atom. The van der Waals surface area contributed by atoms with Crippen molar-refractivity contribution in [3.63, 3.8) is 0 Å². The summed E-state index contributed by atoms with van der Waals surface area (Å²) < 4.78 is 5.32. The summed E-state index contributed by atoms with van der Waals surface area (Å²) in [5.74, 6) is 0.888. The van der Waals surface area contributed by atoms with E-state index in [2.05, 4.69) is 50.3 Å². The average molecular weight is 292 g/mol. The van der Waals surface area contributed by atoms with Crippen LogP contribution in [-0.4, -0.2) is 49.9 Å². The van der Waals surface area contributed by atoms with E-state index in [1.807, 2.05) is 12.1 Å². The molecule has 3 atom stereocenters. The lowest BCUT2D eigenvalue weighted by Crippen LogP contribution is -2.60. The number of hydrogen-bond acceptors (Lipinski definition) is 4. The minimum Gasteiger partial charge on any atom is -0.497 e. The van der Waals surface area contributed by atoms with Gasteiger partial charge >= 0.3 is 0 Å². The number of aliphatic hydroxyl groups is 1. The first kappa shape index (κ1) is 16.3. The second-order valence-electron chi connectivity index (χ2n) is 6.79. The fourth-order valence-electron chi connectivity index (χ4n) is 2.95. The predicted molar refractivity (Wildman–Crippen MR) is 85.6 cm³/mol.